The SMILES string of the molecule is CC(=O)N(c1cccc(C(F)(F)F)c1)c1nc(/C=C/C(=O)NC(C)CCC(C)C)cs1. The Bertz CT molecular complexity index is 938. The zero-order valence-electron chi connectivity index (χ0n) is 17.9. The number of benzene rings is 1. The van der Waals surface area contributed by atoms with Crippen LogP contribution >= 0.6 is 11.3 Å². The summed E-state index contributed by atoms with van der Waals surface area (Å²) in [4.78, 5) is 29.6. The van der Waals surface area contributed by atoms with E-state index in [9.17, 15) is 22.8 Å². The van der Waals surface area contributed by atoms with Crippen LogP contribution in [0.1, 0.15) is 51.8 Å². The van der Waals surface area contributed by atoms with Crippen LogP contribution in [-0.2, 0) is 15.8 Å². The van der Waals surface area contributed by atoms with Gasteiger partial charge < -0.3 is 5.32 Å². The monoisotopic (exact) mass is 453 g/mol. The predicted molar refractivity (Wildman–Crippen MR) is 117 cm³/mol. The molecule has 1 N–H and O–H groups in total. The van der Waals surface area contributed by atoms with Gasteiger partial charge >= 0.3 is 6.18 Å². The smallest absolute Gasteiger partial charge is 0.350 e. The molecular formula is C22H26F3N3O2S. The Morgan fingerprint density at radius 3 is 2.55 bits per heavy atom. The van der Waals surface area contributed by atoms with Crippen LogP contribution in [0.15, 0.2) is 35.7 Å². The van der Waals surface area contributed by atoms with Crippen LogP contribution in [0.4, 0.5) is 24.0 Å². The van der Waals surface area contributed by atoms with Gasteiger partial charge in [-0.15, -0.1) is 11.3 Å². The van der Waals surface area contributed by atoms with E-state index in [1.54, 1.807) is 5.38 Å². The molecular weight excluding hydrogens is 427 g/mol. The fraction of sp³-hybridized carbons (Fsp3) is 0.409. The molecule has 1 atom stereocenters. The molecule has 1 aromatic carbocycles. The van der Waals surface area contributed by atoms with Crippen LogP contribution in [0.25, 0.3) is 6.08 Å². The highest BCUT2D eigenvalue weighted by Gasteiger charge is 2.31. The Hall–Kier alpha value is -2.68. The highest BCUT2D eigenvalue weighted by Crippen LogP contribution is 2.35. The van der Waals surface area contributed by atoms with Crippen molar-refractivity contribution >= 4 is 40.0 Å². The lowest BCUT2D eigenvalue weighted by Crippen LogP contribution is -2.31. The highest BCUT2D eigenvalue weighted by molar-refractivity contribution is 7.14. The van der Waals surface area contributed by atoms with Crippen LogP contribution < -0.4 is 10.2 Å². The molecule has 0 fully saturated rings. The summed E-state index contributed by atoms with van der Waals surface area (Å²) in [5, 5.41) is 4.73. The van der Waals surface area contributed by atoms with Gasteiger partial charge in [0.15, 0.2) is 5.13 Å². The molecule has 0 aliphatic carbocycles. The van der Waals surface area contributed by atoms with Crippen molar-refractivity contribution in [3.05, 3.63) is 47.0 Å². The molecule has 9 heteroatoms. The molecule has 1 aromatic heterocycles. The van der Waals surface area contributed by atoms with E-state index < -0.39 is 17.6 Å². The average Bonchev–Trinajstić information content (AvgIpc) is 3.12. The summed E-state index contributed by atoms with van der Waals surface area (Å²) >= 11 is 1.10. The van der Waals surface area contributed by atoms with E-state index in [-0.39, 0.29) is 22.8 Å². The molecule has 0 saturated heterocycles. The van der Waals surface area contributed by atoms with E-state index >= 15 is 0 Å². The summed E-state index contributed by atoms with van der Waals surface area (Å²) in [6, 6.07) is 4.55. The maximum absolute atomic E-state index is 13.0. The zero-order chi connectivity index (χ0) is 23.2. The van der Waals surface area contributed by atoms with Gasteiger partial charge in [0.05, 0.1) is 16.9 Å². The first-order valence-electron chi connectivity index (χ1n) is 9.89. The second-order valence-electron chi connectivity index (χ2n) is 7.67. The minimum absolute atomic E-state index is 0.0414. The maximum atomic E-state index is 13.0. The highest BCUT2D eigenvalue weighted by atomic mass is 32.1. The number of alkyl halides is 3. The third kappa shape index (κ3) is 7.50. The lowest BCUT2D eigenvalue weighted by atomic mass is 10.0. The summed E-state index contributed by atoms with van der Waals surface area (Å²) in [6.07, 6.45) is 0.233. The number of hydrogen-bond donors (Lipinski definition) is 1. The normalized spacial score (nSPS) is 12.9. The minimum Gasteiger partial charge on any atom is -0.350 e. The molecule has 2 amide bonds. The summed E-state index contributed by atoms with van der Waals surface area (Å²) in [6.45, 7) is 7.44. The molecule has 31 heavy (non-hydrogen) atoms. The van der Waals surface area contributed by atoms with Gasteiger partial charge in [-0.3, -0.25) is 14.5 Å². The van der Waals surface area contributed by atoms with Gasteiger partial charge in [0.25, 0.3) is 0 Å². The quantitative estimate of drug-likeness (QED) is 0.514. The van der Waals surface area contributed by atoms with Crippen molar-refractivity contribution in [3.8, 4) is 0 Å². The van der Waals surface area contributed by atoms with E-state index in [0.29, 0.717) is 11.6 Å². The number of rotatable bonds is 8. The number of anilines is 2. The Morgan fingerprint density at radius 1 is 1.23 bits per heavy atom. The van der Waals surface area contributed by atoms with Crippen LogP contribution in [0, 0.1) is 5.92 Å². The van der Waals surface area contributed by atoms with E-state index in [4.69, 9.17) is 0 Å². The van der Waals surface area contributed by atoms with Gasteiger partial charge in [-0.2, -0.15) is 13.2 Å². The standard InChI is InChI=1S/C22H26F3N3O2S/c1-14(2)8-9-15(3)26-20(30)11-10-18-13-31-21(27-18)28(16(4)29)19-7-5-6-17(12-19)22(23,24)25/h5-7,10-15H,8-9H2,1-4H3,(H,26,30)/b11-10+. The summed E-state index contributed by atoms with van der Waals surface area (Å²) in [5.41, 5.74) is -0.344. The van der Waals surface area contributed by atoms with E-state index in [0.717, 1.165) is 41.2 Å². The lowest BCUT2D eigenvalue weighted by Gasteiger charge is -2.19. The largest absolute Gasteiger partial charge is 0.416 e. The second kappa shape index (κ2) is 10.6. The molecule has 1 heterocycles. The number of halogens is 3. The number of carbonyl (C=O) groups is 2. The third-order valence-electron chi connectivity index (χ3n) is 4.42. The molecule has 0 aliphatic rings. The van der Waals surface area contributed by atoms with Crippen molar-refractivity contribution in [2.24, 2.45) is 5.92 Å². The Morgan fingerprint density at radius 2 is 1.94 bits per heavy atom. The van der Waals surface area contributed by atoms with Gasteiger partial charge in [-0.1, -0.05) is 19.9 Å². The van der Waals surface area contributed by atoms with Crippen LogP contribution in [0.3, 0.4) is 0 Å². The molecule has 0 aliphatic heterocycles. The van der Waals surface area contributed by atoms with Crippen molar-refractivity contribution < 1.29 is 22.8 Å². The molecule has 1 unspecified atom stereocenters. The number of amides is 2. The minimum atomic E-state index is -4.52. The van der Waals surface area contributed by atoms with Gasteiger partial charge in [-0.25, -0.2) is 4.98 Å². The van der Waals surface area contributed by atoms with Crippen molar-refractivity contribution in [1.29, 1.82) is 0 Å². The predicted octanol–water partition coefficient (Wildman–Crippen LogP) is 5.80. The van der Waals surface area contributed by atoms with Crippen molar-refractivity contribution in [3.63, 3.8) is 0 Å². The Balaban J connectivity index is 2.13. The van der Waals surface area contributed by atoms with Crippen LogP contribution in [0.5, 0.6) is 0 Å². The summed E-state index contributed by atoms with van der Waals surface area (Å²) < 4.78 is 39.1. The number of carbonyl (C=O) groups excluding carboxylic acids is 2. The molecule has 2 rings (SSSR count). The van der Waals surface area contributed by atoms with Crippen molar-refractivity contribution in [2.45, 2.75) is 52.8 Å². The third-order valence-corrected chi connectivity index (χ3v) is 5.26. The average molecular weight is 454 g/mol. The second-order valence-corrected chi connectivity index (χ2v) is 8.51. The van der Waals surface area contributed by atoms with Crippen molar-refractivity contribution in [2.75, 3.05) is 4.90 Å². The van der Waals surface area contributed by atoms with E-state index in [1.807, 2.05) is 6.92 Å². The number of hydrogen-bond acceptors (Lipinski definition) is 4. The van der Waals surface area contributed by atoms with Crippen molar-refractivity contribution in [1.82, 2.24) is 10.3 Å². The maximum Gasteiger partial charge on any atom is 0.416 e. The Kier molecular flexibility index (Phi) is 8.38. The first kappa shape index (κ1) is 24.6. The number of nitrogens with one attached hydrogen (secondary N) is 1. The fourth-order valence-electron chi connectivity index (χ4n) is 2.81. The van der Waals surface area contributed by atoms with Gasteiger partial charge in [0, 0.05) is 24.4 Å². The molecule has 168 valence electrons. The number of thiazole rings is 1. The van der Waals surface area contributed by atoms with Gasteiger partial charge in [0.2, 0.25) is 11.8 Å². The first-order valence-corrected chi connectivity index (χ1v) is 10.8. The van der Waals surface area contributed by atoms with Crippen LogP contribution in [0.2, 0.25) is 0 Å². The van der Waals surface area contributed by atoms with Gasteiger partial charge in [0.1, 0.15) is 0 Å². The molecule has 0 spiro atoms. The van der Waals surface area contributed by atoms with E-state index in [2.05, 4.69) is 24.1 Å². The molecule has 0 bridgehead atoms. The molecule has 0 radical (unpaired) electrons. The topological polar surface area (TPSA) is 62.3 Å². The molecule has 5 nitrogen and oxygen atoms in total. The van der Waals surface area contributed by atoms with E-state index in [1.165, 1.54) is 31.2 Å². The Labute approximate surface area is 184 Å². The first-order chi connectivity index (χ1) is 14.5. The zero-order valence-corrected chi connectivity index (χ0v) is 18.7. The summed E-state index contributed by atoms with van der Waals surface area (Å²) in [5.74, 6) is -0.169. The number of aromatic nitrogens is 1. The van der Waals surface area contributed by atoms with Crippen LogP contribution in [-0.4, -0.2) is 22.8 Å². The fourth-order valence-corrected chi connectivity index (χ4v) is 3.67. The summed E-state index contributed by atoms with van der Waals surface area (Å²) in [7, 11) is 0. The molecule has 2 aromatic rings. The molecule has 0 saturated carbocycles. The number of nitrogens with zero attached hydrogens (tertiary/aromatic N) is 2. The lowest BCUT2D eigenvalue weighted by molar-refractivity contribution is -0.137. The van der Waals surface area contributed by atoms with Gasteiger partial charge in [-0.05, 0) is 50.0 Å².